The lowest BCUT2D eigenvalue weighted by Crippen LogP contribution is -2.13. The van der Waals surface area contributed by atoms with Crippen molar-refractivity contribution in [3.8, 4) is 0 Å². The summed E-state index contributed by atoms with van der Waals surface area (Å²) in [7, 11) is -3.62. The van der Waals surface area contributed by atoms with Gasteiger partial charge in [-0.25, -0.2) is 13.4 Å². The summed E-state index contributed by atoms with van der Waals surface area (Å²) in [6, 6.07) is 4.93. The molecule has 5 nitrogen and oxygen atoms in total. The van der Waals surface area contributed by atoms with Crippen LogP contribution in [0.1, 0.15) is 21.7 Å². The van der Waals surface area contributed by atoms with E-state index in [-0.39, 0.29) is 4.90 Å². The fraction of sp³-hybridized carbons (Fsp3) is 0.308. The quantitative estimate of drug-likeness (QED) is 0.907. The normalized spacial score (nSPS) is 11.6. The van der Waals surface area contributed by atoms with Crippen molar-refractivity contribution in [3.63, 3.8) is 0 Å². The number of rotatable bonds is 4. The molecule has 1 aromatic carbocycles. The molecule has 0 fully saturated rings. The lowest BCUT2D eigenvalue weighted by Gasteiger charge is -2.08. The van der Waals surface area contributed by atoms with Gasteiger partial charge in [-0.2, -0.15) is 0 Å². The van der Waals surface area contributed by atoms with Crippen molar-refractivity contribution in [1.82, 2.24) is 4.98 Å². The molecule has 0 amide bonds. The molecule has 0 unspecified atom stereocenters. The number of aromatic nitrogens is 1. The van der Waals surface area contributed by atoms with Crippen LogP contribution < -0.4 is 10.5 Å². The second kappa shape index (κ2) is 5.51. The summed E-state index contributed by atoms with van der Waals surface area (Å²) in [6.07, 6.45) is 0. The second-order valence-electron chi connectivity index (χ2n) is 4.56. The minimum Gasteiger partial charge on any atom is -0.326 e. The summed E-state index contributed by atoms with van der Waals surface area (Å²) in [5.41, 5.74) is 8.24. The summed E-state index contributed by atoms with van der Waals surface area (Å²) in [6.45, 7) is 5.97. The Morgan fingerprint density at radius 2 is 2.00 bits per heavy atom. The lowest BCUT2D eigenvalue weighted by atomic mass is 10.1. The molecule has 0 atom stereocenters. The Labute approximate surface area is 122 Å². The molecule has 7 heteroatoms. The van der Waals surface area contributed by atoms with Crippen molar-refractivity contribution in [2.24, 2.45) is 5.73 Å². The van der Waals surface area contributed by atoms with Gasteiger partial charge in [0.15, 0.2) is 5.13 Å². The highest BCUT2D eigenvalue weighted by Crippen LogP contribution is 2.24. The minimum atomic E-state index is -3.62. The zero-order valence-corrected chi connectivity index (χ0v) is 13.2. The van der Waals surface area contributed by atoms with Crippen molar-refractivity contribution >= 4 is 26.5 Å². The van der Waals surface area contributed by atoms with E-state index < -0.39 is 10.0 Å². The number of hydrogen-bond donors (Lipinski definition) is 2. The van der Waals surface area contributed by atoms with Crippen molar-refractivity contribution in [2.75, 3.05) is 4.72 Å². The Morgan fingerprint density at radius 3 is 2.55 bits per heavy atom. The van der Waals surface area contributed by atoms with Crippen LogP contribution in [0.3, 0.4) is 0 Å². The maximum absolute atomic E-state index is 12.3. The molecule has 1 heterocycles. The molecular weight excluding hydrogens is 294 g/mol. The molecule has 0 spiro atoms. The second-order valence-corrected chi connectivity index (χ2v) is 7.44. The Morgan fingerprint density at radius 1 is 1.30 bits per heavy atom. The van der Waals surface area contributed by atoms with Gasteiger partial charge in [0.05, 0.1) is 10.6 Å². The van der Waals surface area contributed by atoms with E-state index in [2.05, 4.69) is 9.71 Å². The van der Waals surface area contributed by atoms with Crippen molar-refractivity contribution in [3.05, 3.63) is 39.9 Å². The number of nitrogens with zero attached hydrogens (tertiary/aromatic N) is 1. The van der Waals surface area contributed by atoms with Gasteiger partial charge in [0.2, 0.25) is 0 Å². The molecule has 1 aromatic heterocycles. The summed E-state index contributed by atoms with van der Waals surface area (Å²) in [5.74, 6) is 0. The first-order chi connectivity index (χ1) is 9.33. The van der Waals surface area contributed by atoms with E-state index in [0.717, 1.165) is 21.7 Å². The van der Waals surface area contributed by atoms with E-state index in [4.69, 9.17) is 5.73 Å². The Bertz CT molecular complexity index is 717. The summed E-state index contributed by atoms with van der Waals surface area (Å²) < 4.78 is 27.1. The van der Waals surface area contributed by atoms with Gasteiger partial charge in [-0.3, -0.25) is 4.72 Å². The molecule has 0 saturated carbocycles. The highest BCUT2D eigenvalue weighted by Gasteiger charge is 2.17. The number of hydrogen-bond acceptors (Lipinski definition) is 5. The maximum Gasteiger partial charge on any atom is 0.263 e. The van der Waals surface area contributed by atoms with Crippen LogP contribution >= 0.6 is 11.3 Å². The van der Waals surface area contributed by atoms with Gasteiger partial charge in [0.1, 0.15) is 0 Å². The fourth-order valence-corrected chi connectivity index (χ4v) is 3.82. The third kappa shape index (κ3) is 3.00. The minimum absolute atomic E-state index is 0.203. The fourth-order valence-electron chi connectivity index (χ4n) is 1.73. The predicted molar refractivity (Wildman–Crippen MR) is 81.5 cm³/mol. The van der Waals surface area contributed by atoms with E-state index in [9.17, 15) is 8.42 Å². The number of anilines is 1. The third-order valence-corrected chi connectivity index (χ3v) is 5.56. The molecule has 2 rings (SSSR count). The third-order valence-electron chi connectivity index (χ3n) is 3.10. The number of benzene rings is 1. The van der Waals surface area contributed by atoms with E-state index in [0.29, 0.717) is 11.7 Å². The molecule has 0 aliphatic rings. The first-order valence-electron chi connectivity index (χ1n) is 6.10. The zero-order chi connectivity index (χ0) is 14.9. The lowest BCUT2D eigenvalue weighted by molar-refractivity contribution is 0.601. The van der Waals surface area contributed by atoms with Crippen molar-refractivity contribution < 1.29 is 8.42 Å². The number of thiazole rings is 1. The topological polar surface area (TPSA) is 85.1 Å². The first-order valence-corrected chi connectivity index (χ1v) is 8.40. The zero-order valence-electron chi connectivity index (χ0n) is 11.6. The number of nitrogens with two attached hydrogens (primary N) is 1. The van der Waals surface area contributed by atoms with Crippen molar-refractivity contribution in [2.45, 2.75) is 32.2 Å². The molecule has 3 N–H and O–H groups in total. The Balaban J connectivity index is 2.35. The van der Waals surface area contributed by atoms with Gasteiger partial charge >= 0.3 is 0 Å². The van der Waals surface area contributed by atoms with E-state index in [1.807, 2.05) is 20.8 Å². The summed E-state index contributed by atoms with van der Waals surface area (Å²) in [4.78, 5) is 5.38. The highest BCUT2D eigenvalue weighted by atomic mass is 32.2. The number of nitrogens with one attached hydrogen (secondary N) is 1. The van der Waals surface area contributed by atoms with E-state index in [1.54, 1.807) is 18.2 Å². The summed E-state index contributed by atoms with van der Waals surface area (Å²) >= 11 is 1.32. The molecule has 20 heavy (non-hydrogen) atoms. The van der Waals surface area contributed by atoms with Crippen molar-refractivity contribution in [1.29, 1.82) is 0 Å². The highest BCUT2D eigenvalue weighted by molar-refractivity contribution is 7.93. The smallest absolute Gasteiger partial charge is 0.263 e. The van der Waals surface area contributed by atoms with Crippen LogP contribution in [0.2, 0.25) is 0 Å². The molecule has 0 bridgehead atoms. The Kier molecular flexibility index (Phi) is 4.12. The van der Waals surface area contributed by atoms with Gasteiger partial charge in [0, 0.05) is 11.4 Å². The average Bonchev–Trinajstić information content (AvgIpc) is 2.67. The van der Waals surface area contributed by atoms with Crippen LogP contribution in [0.15, 0.2) is 23.1 Å². The first kappa shape index (κ1) is 15.0. The maximum atomic E-state index is 12.3. The molecular formula is C13H17N3O2S2. The van der Waals surface area contributed by atoms with Crippen LogP contribution in [0.25, 0.3) is 0 Å². The van der Waals surface area contributed by atoms with Gasteiger partial charge in [0.25, 0.3) is 10.0 Å². The summed E-state index contributed by atoms with van der Waals surface area (Å²) in [5, 5.41) is 0.384. The van der Waals surface area contributed by atoms with Gasteiger partial charge < -0.3 is 5.73 Å². The standard InChI is InChI=1S/C13H17N3O2S2/c1-8-4-5-12(6-11(8)7-14)20(17,18)16-13-15-9(2)10(3)19-13/h4-6H,7,14H2,1-3H3,(H,15,16). The van der Waals surface area contributed by atoms with Crippen LogP contribution in [0.5, 0.6) is 0 Å². The van der Waals surface area contributed by atoms with Gasteiger partial charge in [-0.15, -0.1) is 11.3 Å². The van der Waals surface area contributed by atoms with Gasteiger partial charge in [-0.05, 0) is 44.0 Å². The average molecular weight is 311 g/mol. The molecule has 0 aliphatic heterocycles. The molecule has 108 valence electrons. The van der Waals surface area contributed by atoms with Crippen LogP contribution in [-0.2, 0) is 16.6 Å². The van der Waals surface area contributed by atoms with Crippen LogP contribution in [-0.4, -0.2) is 13.4 Å². The SMILES string of the molecule is Cc1ccc(S(=O)(=O)Nc2nc(C)c(C)s2)cc1CN. The monoisotopic (exact) mass is 311 g/mol. The molecule has 2 aromatic rings. The molecule has 0 aliphatic carbocycles. The number of sulfonamides is 1. The predicted octanol–water partition coefficient (Wildman–Crippen LogP) is 2.33. The largest absolute Gasteiger partial charge is 0.326 e. The number of aryl methyl sites for hydroxylation is 3. The Hall–Kier alpha value is -1.44. The van der Waals surface area contributed by atoms with Crippen LogP contribution in [0, 0.1) is 20.8 Å². The van der Waals surface area contributed by atoms with E-state index in [1.165, 1.54) is 11.3 Å². The molecule has 0 radical (unpaired) electrons. The van der Waals surface area contributed by atoms with E-state index >= 15 is 0 Å². The van der Waals surface area contributed by atoms with Crippen LogP contribution in [0.4, 0.5) is 5.13 Å². The van der Waals surface area contributed by atoms with Gasteiger partial charge in [-0.1, -0.05) is 6.07 Å². The molecule has 0 saturated heterocycles.